The van der Waals surface area contributed by atoms with Gasteiger partial charge >= 0.3 is 29.6 Å². The molecule has 0 spiro atoms. The zero-order valence-corrected chi connectivity index (χ0v) is 8.91. The minimum atomic E-state index is -1.17. The first kappa shape index (κ1) is 11.7. The molecule has 12 heavy (non-hydrogen) atoms. The van der Waals surface area contributed by atoms with Gasteiger partial charge in [-0.3, -0.25) is 0 Å². The van der Waals surface area contributed by atoms with Crippen molar-refractivity contribution in [3.05, 3.63) is 42.3 Å². The molecule has 0 atom stereocenters. The third-order valence-corrected chi connectivity index (χ3v) is 1.46. The first-order chi connectivity index (χ1) is 5.25. The largest absolute Gasteiger partial charge is 1.00 e. The number of hydrogen-bond donors (Lipinski definition) is 0. The van der Waals surface area contributed by atoms with E-state index >= 15 is 0 Å². The molecule has 0 aliphatic rings. The standard InChI is InChI=1S/C9H8O2.Na/c1-2-7-5-3-4-6-8(7)9(10)11;/h1,3-6H,2H2,(H,10,11);/q;+1/p-1. The molecule has 1 aromatic rings. The molecule has 0 aliphatic heterocycles. The summed E-state index contributed by atoms with van der Waals surface area (Å²) in [7, 11) is 0. The molecule has 0 fully saturated rings. The summed E-state index contributed by atoms with van der Waals surface area (Å²) in [4.78, 5) is 10.4. The van der Waals surface area contributed by atoms with Gasteiger partial charge in [0, 0.05) is 5.56 Å². The molecule has 0 heterocycles. The van der Waals surface area contributed by atoms with E-state index in [0.717, 1.165) is 0 Å². The van der Waals surface area contributed by atoms with E-state index in [1.165, 1.54) is 6.07 Å². The van der Waals surface area contributed by atoms with Crippen molar-refractivity contribution < 1.29 is 39.5 Å². The van der Waals surface area contributed by atoms with E-state index in [1.54, 1.807) is 18.2 Å². The third kappa shape index (κ3) is 2.63. The smallest absolute Gasteiger partial charge is 0.545 e. The third-order valence-electron chi connectivity index (χ3n) is 1.46. The fourth-order valence-electron chi connectivity index (χ4n) is 0.897. The number of aromatic carboxylic acids is 1. The van der Waals surface area contributed by atoms with Crippen LogP contribution in [0.1, 0.15) is 15.9 Å². The van der Waals surface area contributed by atoms with Crippen molar-refractivity contribution in [2.75, 3.05) is 0 Å². The Labute approximate surface area is 93.9 Å². The van der Waals surface area contributed by atoms with E-state index in [0.29, 0.717) is 5.56 Å². The predicted octanol–water partition coefficient (Wildman–Crippen LogP) is -2.69. The summed E-state index contributed by atoms with van der Waals surface area (Å²) < 4.78 is 0. The molecule has 2 nitrogen and oxygen atoms in total. The van der Waals surface area contributed by atoms with Crippen molar-refractivity contribution in [3.8, 4) is 0 Å². The number of benzene rings is 1. The molecule has 0 saturated carbocycles. The van der Waals surface area contributed by atoms with Crippen molar-refractivity contribution in [2.24, 2.45) is 0 Å². The van der Waals surface area contributed by atoms with E-state index in [9.17, 15) is 9.90 Å². The second-order valence-corrected chi connectivity index (χ2v) is 2.15. The molecule has 3 heteroatoms. The van der Waals surface area contributed by atoms with Crippen LogP contribution in [0.25, 0.3) is 0 Å². The Balaban J connectivity index is 0.00000121. The van der Waals surface area contributed by atoms with E-state index in [-0.39, 0.29) is 41.5 Å². The fraction of sp³-hybridized carbons (Fsp3) is 0.111. The van der Waals surface area contributed by atoms with Gasteiger partial charge in [0.05, 0.1) is 5.97 Å². The second-order valence-electron chi connectivity index (χ2n) is 2.15. The Morgan fingerprint density at radius 2 is 2.00 bits per heavy atom. The van der Waals surface area contributed by atoms with E-state index in [2.05, 4.69) is 0 Å². The quantitative estimate of drug-likeness (QED) is 0.453. The van der Waals surface area contributed by atoms with Crippen LogP contribution in [0.3, 0.4) is 0 Å². The number of rotatable bonds is 2. The van der Waals surface area contributed by atoms with Gasteiger partial charge in [-0.1, -0.05) is 24.3 Å². The van der Waals surface area contributed by atoms with E-state index in [4.69, 9.17) is 6.92 Å². The second kappa shape index (κ2) is 5.36. The fourth-order valence-corrected chi connectivity index (χ4v) is 0.897. The summed E-state index contributed by atoms with van der Waals surface area (Å²) >= 11 is 0. The molecule has 1 rings (SSSR count). The Hall–Kier alpha value is -0.310. The summed E-state index contributed by atoms with van der Waals surface area (Å²) in [6.45, 7) is 5.30. The number of carboxylic acid groups (broad SMARTS) is 1. The van der Waals surface area contributed by atoms with Crippen molar-refractivity contribution in [3.63, 3.8) is 0 Å². The summed E-state index contributed by atoms with van der Waals surface area (Å²) in [5.74, 6) is -1.17. The molecule has 0 aromatic heterocycles. The molecule has 0 N–H and O–H groups in total. The first-order valence-electron chi connectivity index (χ1n) is 3.25. The predicted molar refractivity (Wildman–Crippen MR) is 38.8 cm³/mol. The summed E-state index contributed by atoms with van der Waals surface area (Å²) in [6.07, 6.45) is 0.226. The summed E-state index contributed by atoms with van der Waals surface area (Å²) in [6, 6.07) is 6.54. The Kier molecular flexibility index (Phi) is 5.22. The van der Waals surface area contributed by atoms with Crippen LogP contribution in [0.5, 0.6) is 0 Å². The molecular weight excluding hydrogens is 163 g/mol. The minimum Gasteiger partial charge on any atom is -0.545 e. The maximum atomic E-state index is 10.4. The van der Waals surface area contributed by atoms with Gasteiger partial charge in [-0.2, -0.15) is 0 Å². The number of carbonyl (C=O) groups excluding carboxylic acids is 1. The number of carbonyl (C=O) groups is 1. The number of carboxylic acids is 1. The number of hydrogen-bond acceptors (Lipinski definition) is 2. The van der Waals surface area contributed by atoms with Gasteiger partial charge in [0.2, 0.25) is 0 Å². The SMILES string of the molecule is [CH]Cc1ccccc1C(=O)[O-].[Na+]. The van der Waals surface area contributed by atoms with Crippen LogP contribution in [0.2, 0.25) is 0 Å². The van der Waals surface area contributed by atoms with Gasteiger partial charge < -0.3 is 9.90 Å². The Morgan fingerprint density at radius 3 is 2.42 bits per heavy atom. The van der Waals surface area contributed by atoms with Gasteiger partial charge in [0.15, 0.2) is 0 Å². The molecule has 1 aromatic carbocycles. The van der Waals surface area contributed by atoms with Crippen LogP contribution in [-0.4, -0.2) is 5.97 Å². The van der Waals surface area contributed by atoms with Gasteiger partial charge in [-0.05, 0) is 18.9 Å². The molecule has 0 aliphatic carbocycles. The van der Waals surface area contributed by atoms with Crippen LogP contribution in [0.4, 0.5) is 0 Å². The van der Waals surface area contributed by atoms with Crippen LogP contribution in [0, 0.1) is 6.92 Å². The normalized spacial score (nSPS) is 8.75. The van der Waals surface area contributed by atoms with Crippen molar-refractivity contribution in [1.29, 1.82) is 0 Å². The zero-order valence-electron chi connectivity index (χ0n) is 6.91. The molecule has 2 radical (unpaired) electrons. The van der Waals surface area contributed by atoms with Crippen LogP contribution in [0.15, 0.2) is 24.3 Å². The van der Waals surface area contributed by atoms with E-state index in [1.807, 2.05) is 0 Å². The van der Waals surface area contributed by atoms with Crippen molar-refractivity contribution >= 4 is 5.97 Å². The van der Waals surface area contributed by atoms with Gasteiger partial charge in [-0.25, -0.2) is 0 Å². The van der Waals surface area contributed by atoms with Gasteiger partial charge in [-0.15, -0.1) is 0 Å². The van der Waals surface area contributed by atoms with Gasteiger partial charge in [0.25, 0.3) is 0 Å². The maximum absolute atomic E-state index is 10.4. The molecule has 56 valence electrons. The Bertz CT molecular complexity index is 271. The topological polar surface area (TPSA) is 40.1 Å². The first-order valence-corrected chi connectivity index (χ1v) is 3.25. The average Bonchev–Trinajstić information content (AvgIpc) is 2.04. The maximum Gasteiger partial charge on any atom is 1.00 e. The average molecular weight is 170 g/mol. The van der Waals surface area contributed by atoms with Crippen molar-refractivity contribution in [1.82, 2.24) is 0 Å². The van der Waals surface area contributed by atoms with Crippen LogP contribution < -0.4 is 34.7 Å². The molecular formula is C9H7NaO2. The van der Waals surface area contributed by atoms with Gasteiger partial charge in [0.1, 0.15) is 0 Å². The summed E-state index contributed by atoms with van der Waals surface area (Å²) in [5, 5.41) is 10.4. The monoisotopic (exact) mass is 170 g/mol. The molecule has 0 amide bonds. The molecule has 0 saturated heterocycles. The van der Waals surface area contributed by atoms with Crippen LogP contribution >= 0.6 is 0 Å². The minimum absolute atomic E-state index is 0. The zero-order chi connectivity index (χ0) is 8.27. The molecule has 0 unspecified atom stereocenters. The van der Waals surface area contributed by atoms with Crippen LogP contribution in [-0.2, 0) is 6.42 Å². The van der Waals surface area contributed by atoms with Crippen molar-refractivity contribution in [2.45, 2.75) is 6.42 Å². The Morgan fingerprint density at radius 1 is 1.42 bits per heavy atom. The molecule has 0 bridgehead atoms. The van der Waals surface area contributed by atoms with E-state index < -0.39 is 5.97 Å². The summed E-state index contributed by atoms with van der Waals surface area (Å²) in [5.41, 5.74) is 0.780.